The average molecular weight is 282 g/mol. The van der Waals surface area contributed by atoms with Crippen molar-refractivity contribution in [2.45, 2.75) is 32.0 Å². The summed E-state index contributed by atoms with van der Waals surface area (Å²) in [6.07, 6.45) is 5.63. The first-order chi connectivity index (χ1) is 9.72. The van der Waals surface area contributed by atoms with Crippen molar-refractivity contribution < 1.29 is 14.6 Å². The number of urea groups is 1. The van der Waals surface area contributed by atoms with Gasteiger partial charge in [0.05, 0.1) is 31.7 Å². The van der Waals surface area contributed by atoms with Crippen LogP contribution in [0.4, 0.5) is 4.79 Å². The van der Waals surface area contributed by atoms with Gasteiger partial charge in [0.15, 0.2) is 0 Å². The number of hydrogen-bond donors (Lipinski definition) is 2. The molecule has 1 aliphatic rings. The number of aliphatic hydroxyl groups is 1. The first-order valence-corrected chi connectivity index (χ1v) is 6.98. The molecule has 1 fully saturated rings. The largest absolute Gasteiger partial charge is 0.388 e. The molecule has 20 heavy (non-hydrogen) atoms. The van der Waals surface area contributed by atoms with Gasteiger partial charge in [-0.3, -0.25) is 0 Å². The fraction of sp³-hybridized carbons (Fsp3) is 0.692. The SMILES string of the molecule is CCN(C(=O)NCCCn1ccnc1)[C@H]1COC[C@@H]1O. The van der Waals surface area contributed by atoms with Crippen LogP contribution in [0.25, 0.3) is 0 Å². The smallest absolute Gasteiger partial charge is 0.317 e. The monoisotopic (exact) mass is 282 g/mol. The molecule has 2 amide bonds. The number of carbonyl (C=O) groups excluding carboxylic acids is 1. The Morgan fingerprint density at radius 2 is 2.45 bits per heavy atom. The summed E-state index contributed by atoms with van der Waals surface area (Å²) in [6, 6.07) is -0.388. The van der Waals surface area contributed by atoms with Gasteiger partial charge in [-0.25, -0.2) is 9.78 Å². The van der Waals surface area contributed by atoms with Crippen LogP contribution in [0.2, 0.25) is 0 Å². The predicted molar refractivity (Wildman–Crippen MR) is 73.2 cm³/mol. The maximum absolute atomic E-state index is 12.1. The Labute approximate surface area is 118 Å². The van der Waals surface area contributed by atoms with E-state index < -0.39 is 6.10 Å². The molecular weight excluding hydrogens is 260 g/mol. The molecule has 0 unspecified atom stereocenters. The molecule has 2 atom stereocenters. The van der Waals surface area contributed by atoms with Gasteiger partial charge in [0.1, 0.15) is 0 Å². The van der Waals surface area contributed by atoms with Crippen LogP contribution >= 0.6 is 0 Å². The predicted octanol–water partition coefficient (Wildman–Crippen LogP) is 0.0644. The summed E-state index contributed by atoms with van der Waals surface area (Å²) in [5.41, 5.74) is 0. The summed E-state index contributed by atoms with van der Waals surface area (Å²) >= 11 is 0. The van der Waals surface area contributed by atoms with Crippen LogP contribution < -0.4 is 5.32 Å². The first-order valence-electron chi connectivity index (χ1n) is 6.98. The van der Waals surface area contributed by atoms with Gasteiger partial charge >= 0.3 is 6.03 Å². The lowest BCUT2D eigenvalue weighted by atomic mass is 10.2. The van der Waals surface area contributed by atoms with E-state index in [0.29, 0.717) is 26.3 Å². The molecule has 1 aromatic rings. The maximum atomic E-state index is 12.1. The second kappa shape index (κ2) is 7.25. The normalized spacial score (nSPS) is 21.9. The van der Waals surface area contributed by atoms with E-state index in [0.717, 1.165) is 13.0 Å². The number of imidazole rings is 1. The number of likely N-dealkylation sites (N-methyl/N-ethyl adjacent to an activating group) is 1. The molecule has 1 aromatic heterocycles. The molecule has 0 aliphatic carbocycles. The number of nitrogens with zero attached hydrogens (tertiary/aromatic N) is 3. The van der Waals surface area contributed by atoms with E-state index in [1.54, 1.807) is 17.4 Å². The molecule has 112 valence electrons. The van der Waals surface area contributed by atoms with Gasteiger partial charge in [0.25, 0.3) is 0 Å². The minimum atomic E-state index is -0.591. The van der Waals surface area contributed by atoms with E-state index in [4.69, 9.17) is 4.74 Å². The Morgan fingerprint density at radius 3 is 3.05 bits per heavy atom. The summed E-state index contributed by atoms with van der Waals surface area (Å²) in [4.78, 5) is 17.7. The molecular formula is C13H22N4O3. The molecule has 2 rings (SSSR count). The third-order valence-electron chi connectivity index (χ3n) is 3.45. The fourth-order valence-electron chi connectivity index (χ4n) is 2.34. The van der Waals surface area contributed by atoms with Crippen LogP contribution in [0.3, 0.4) is 0 Å². The molecule has 0 radical (unpaired) electrons. The number of amides is 2. The highest BCUT2D eigenvalue weighted by molar-refractivity contribution is 5.74. The lowest BCUT2D eigenvalue weighted by Gasteiger charge is -2.28. The zero-order chi connectivity index (χ0) is 14.4. The van der Waals surface area contributed by atoms with E-state index in [9.17, 15) is 9.90 Å². The molecule has 7 nitrogen and oxygen atoms in total. The highest BCUT2D eigenvalue weighted by Crippen LogP contribution is 2.13. The lowest BCUT2D eigenvalue weighted by Crippen LogP contribution is -2.50. The summed E-state index contributed by atoms with van der Waals surface area (Å²) in [6.45, 7) is 4.57. The second-order valence-corrected chi connectivity index (χ2v) is 4.84. The number of hydrogen-bond acceptors (Lipinski definition) is 4. The molecule has 1 saturated heterocycles. The van der Waals surface area contributed by atoms with Crippen molar-refractivity contribution in [3.05, 3.63) is 18.7 Å². The number of aliphatic hydroxyl groups excluding tert-OH is 1. The average Bonchev–Trinajstić information content (AvgIpc) is 3.08. The van der Waals surface area contributed by atoms with Crippen LogP contribution in [-0.2, 0) is 11.3 Å². The molecule has 0 spiro atoms. The Bertz CT molecular complexity index is 410. The van der Waals surface area contributed by atoms with Crippen LogP contribution in [0.5, 0.6) is 0 Å². The van der Waals surface area contributed by atoms with Crippen LogP contribution in [0, 0.1) is 0 Å². The summed E-state index contributed by atoms with van der Waals surface area (Å²) in [5, 5.41) is 12.7. The van der Waals surface area contributed by atoms with Crippen molar-refractivity contribution in [2.75, 3.05) is 26.3 Å². The zero-order valence-electron chi connectivity index (χ0n) is 11.7. The van der Waals surface area contributed by atoms with Crippen molar-refractivity contribution >= 4 is 6.03 Å². The molecule has 0 saturated carbocycles. The van der Waals surface area contributed by atoms with Crippen molar-refractivity contribution in [2.24, 2.45) is 0 Å². The minimum absolute atomic E-state index is 0.146. The van der Waals surface area contributed by atoms with Gasteiger partial charge in [-0.05, 0) is 13.3 Å². The van der Waals surface area contributed by atoms with E-state index in [1.165, 1.54) is 0 Å². The van der Waals surface area contributed by atoms with Crippen molar-refractivity contribution in [3.63, 3.8) is 0 Å². The van der Waals surface area contributed by atoms with E-state index in [-0.39, 0.29) is 12.1 Å². The second-order valence-electron chi connectivity index (χ2n) is 4.84. The highest BCUT2D eigenvalue weighted by atomic mass is 16.5. The number of carbonyl (C=O) groups is 1. The zero-order valence-corrected chi connectivity index (χ0v) is 11.7. The first kappa shape index (κ1) is 14.8. The summed E-state index contributed by atoms with van der Waals surface area (Å²) in [7, 11) is 0. The number of nitrogens with one attached hydrogen (secondary N) is 1. The van der Waals surface area contributed by atoms with E-state index >= 15 is 0 Å². The molecule has 0 bridgehead atoms. The Balaban J connectivity index is 1.72. The standard InChI is InChI=1S/C13H22N4O3/c1-2-17(11-8-20-9-12(11)18)13(19)15-4-3-6-16-7-5-14-10-16/h5,7,10-12,18H,2-4,6,8-9H2,1H3,(H,15,19)/t11-,12-/m0/s1. The number of ether oxygens (including phenoxy) is 1. The van der Waals surface area contributed by atoms with Crippen molar-refractivity contribution in [1.82, 2.24) is 19.8 Å². The maximum Gasteiger partial charge on any atom is 0.317 e. The summed E-state index contributed by atoms with van der Waals surface area (Å²) in [5.74, 6) is 0. The topological polar surface area (TPSA) is 79.6 Å². The Kier molecular flexibility index (Phi) is 5.37. The quantitative estimate of drug-likeness (QED) is 0.723. The minimum Gasteiger partial charge on any atom is -0.388 e. The molecule has 2 N–H and O–H groups in total. The molecule has 1 aliphatic heterocycles. The van der Waals surface area contributed by atoms with Crippen LogP contribution in [-0.4, -0.2) is 64.0 Å². The van der Waals surface area contributed by atoms with Gasteiger partial charge in [0, 0.05) is 32.0 Å². The molecule has 0 aromatic carbocycles. The van der Waals surface area contributed by atoms with Gasteiger partial charge in [-0.2, -0.15) is 0 Å². The van der Waals surface area contributed by atoms with E-state index in [2.05, 4.69) is 10.3 Å². The third kappa shape index (κ3) is 3.71. The van der Waals surface area contributed by atoms with Gasteiger partial charge in [0.2, 0.25) is 0 Å². The summed E-state index contributed by atoms with van der Waals surface area (Å²) < 4.78 is 7.17. The van der Waals surface area contributed by atoms with Gasteiger partial charge in [-0.15, -0.1) is 0 Å². The number of aromatic nitrogens is 2. The van der Waals surface area contributed by atoms with E-state index in [1.807, 2.05) is 17.7 Å². The fourth-order valence-corrected chi connectivity index (χ4v) is 2.34. The van der Waals surface area contributed by atoms with Gasteiger partial charge < -0.3 is 24.6 Å². The molecule has 2 heterocycles. The third-order valence-corrected chi connectivity index (χ3v) is 3.45. The molecule has 7 heteroatoms. The lowest BCUT2D eigenvalue weighted by molar-refractivity contribution is 0.0963. The van der Waals surface area contributed by atoms with Crippen molar-refractivity contribution in [3.8, 4) is 0 Å². The Hall–Kier alpha value is -1.60. The highest BCUT2D eigenvalue weighted by Gasteiger charge is 2.33. The number of rotatable bonds is 6. The Morgan fingerprint density at radius 1 is 1.60 bits per heavy atom. The van der Waals surface area contributed by atoms with Crippen LogP contribution in [0.15, 0.2) is 18.7 Å². The van der Waals surface area contributed by atoms with Crippen molar-refractivity contribution in [1.29, 1.82) is 0 Å². The number of aryl methyl sites for hydroxylation is 1. The van der Waals surface area contributed by atoms with Crippen LogP contribution in [0.1, 0.15) is 13.3 Å². The van der Waals surface area contributed by atoms with Gasteiger partial charge in [-0.1, -0.05) is 0 Å².